The molecule has 0 spiro atoms. The molecule has 1 aliphatic rings. The van der Waals surface area contributed by atoms with Gasteiger partial charge in [-0.1, -0.05) is 36.4 Å². The van der Waals surface area contributed by atoms with Crippen molar-refractivity contribution in [2.24, 2.45) is 0 Å². The molecule has 106 valence electrons. The number of allylic oxidation sites excluding steroid dienone is 1. The normalized spacial score (nSPS) is 18.9. The summed E-state index contributed by atoms with van der Waals surface area (Å²) in [4.78, 5) is 14.0. The quantitative estimate of drug-likeness (QED) is 0.480. The third-order valence-corrected chi connectivity index (χ3v) is 3.41. The molecular formula is C16H20N2O2. The lowest BCUT2D eigenvalue weighted by atomic mass is 10.1. The molecule has 2 rings (SSSR count). The van der Waals surface area contributed by atoms with Gasteiger partial charge in [0.25, 0.3) is 0 Å². The van der Waals surface area contributed by atoms with Crippen LogP contribution in [0.25, 0.3) is 0 Å². The van der Waals surface area contributed by atoms with Gasteiger partial charge in [0.2, 0.25) is 5.91 Å². The molecule has 20 heavy (non-hydrogen) atoms. The van der Waals surface area contributed by atoms with E-state index in [4.69, 9.17) is 0 Å². The summed E-state index contributed by atoms with van der Waals surface area (Å²) in [7, 11) is 0. The molecule has 0 radical (unpaired) electrons. The molecule has 1 aromatic carbocycles. The van der Waals surface area contributed by atoms with E-state index in [1.165, 1.54) is 0 Å². The van der Waals surface area contributed by atoms with Gasteiger partial charge in [-0.2, -0.15) is 0 Å². The Morgan fingerprint density at radius 3 is 2.85 bits per heavy atom. The van der Waals surface area contributed by atoms with E-state index in [-0.39, 0.29) is 11.9 Å². The topological polar surface area (TPSA) is 46.4 Å². The van der Waals surface area contributed by atoms with E-state index >= 15 is 0 Å². The summed E-state index contributed by atoms with van der Waals surface area (Å²) in [5.41, 5.74) is 1.07. The zero-order chi connectivity index (χ0) is 14.4. The number of carbonyl (C=O) groups is 1. The maximum absolute atomic E-state index is 12.3. The summed E-state index contributed by atoms with van der Waals surface area (Å²) in [6.07, 6.45) is 6.57. The molecule has 0 aliphatic carbocycles. The van der Waals surface area contributed by atoms with E-state index in [0.29, 0.717) is 13.1 Å². The largest absolute Gasteiger partial charge is 0.624 e. The molecule has 0 bridgehead atoms. The van der Waals surface area contributed by atoms with Crippen molar-refractivity contribution in [2.45, 2.75) is 32.4 Å². The molecule has 0 N–H and O–H groups in total. The molecule has 0 fully saturated rings. The fourth-order valence-electron chi connectivity index (χ4n) is 2.41. The maximum atomic E-state index is 12.3. The molecule has 0 saturated carbocycles. The molecule has 0 aromatic heterocycles. The van der Waals surface area contributed by atoms with Crippen molar-refractivity contribution < 1.29 is 9.53 Å². The van der Waals surface area contributed by atoms with Gasteiger partial charge < -0.3 is 10.1 Å². The molecule has 0 unspecified atom stereocenters. The summed E-state index contributed by atoms with van der Waals surface area (Å²) < 4.78 is 0.940. The maximum Gasteiger partial charge on any atom is 0.247 e. The van der Waals surface area contributed by atoms with Gasteiger partial charge in [0, 0.05) is 13.0 Å². The highest BCUT2D eigenvalue weighted by Gasteiger charge is 2.26. The molecule has 1 aromatic rings. The minimum atomic E-state index is -0.120. The SMILES string of the molecule is C/C=C/C(=O)N(Cc1ccccc1)[C@@H]1C=[N+]([O-])CCC1. The van der Waals surface area contributed by atoms with Gasteiger partial charge in [-0.15, -0.1) is 0 Å². The summed E-state index contributed by atoms with van der Waals surface area (Å²) in [5, 5.41) is 11.5. The van der Waals surface area contributed by atoms with Crippen molar-refractivity contribution in [1.82, 2.24) is 4.90 Å². The van der Waals surface area contributed by atoms with E-state index in [0.717, 1.165) is 23.1 Å². The first kappa shape index (κ1) is 14.3. The molecular weight excluding hydrogens is 252 g/mol. The molecule has 1 aliphatic heterocycles. The number of amides is 1. The summed E-state index contributed by atoms with van der Waals surface area (Å²) in [6.45, 7) is 2.87. The van der Waals surface area contributed by atoms with E-state index in [1.54, 1.807) is 23.3 Å². The summed E-state index contributed by atoms with van der Waals surface area (Å²) >= 11 is 0. The third kappa shape index (κ3) is 3.70. The van der Waals surface area contributed by atoms with Gasteiger partial charge in [-0.05, 0) is 25.0 Å². The van der Waals surface area contributed by atoms with Crippen LogP contribution in [-0.2, 0) is 11.3 Å². The Balaban J connectivity index is 2.20. The first-order chi connectivity index (χ1) is 9.70. The highest BCUT2D eigenvalue weighted by atomic mass is 16.5. The van der Waals surface area contributed by atoms with Crippen molar-refractivity contribution in [3.8, 4) is 0 Å². The minimum Gasteiger partial charge on any atom is -0.624 e. The molecule has 1 heterocycles. The predicted octanol–water partition coefficient (Wildman–Crippen LogP) is 2.33. The number of carbonyl (C=O) groups excluding carboxylic acids is 1. The Kier molecular flexibility index (Phi) is 4.93. The van der Waals surface area contributed by atoms with Crippen molar-refractivity contribution in [3.63, 3.8) is 0 Å². The van der Waals surface area contributed by atoms with Crippen LogP contribution in [0.15, 0.2) is 42.5 Å². The third-order valence-electron chi connectivity index (χ3n) is 3.41. The minimum absolute atomic E-state index is 0.0482. The van der Waals surface area contributed by atoms with Crippen molar-refractivity contribution >= 4 is 12.1 Å². The van der Waals surface area contributed by atoms with Crippen LogP contribution in [0, 0.1) is 5.21 Å². The van der Waals surface area contributed by atoms with Crippen molar-refractivity contribution in [2.75, 3.05) is 6.54 Å². The zero-order valence-electron chi connectivity index (χ0n) is 11.7. The fraction of sp³-hybridized carbons (Fsp3) is 0.375. The van der Waals surface area contributed by atoms with Crippen LogP contribution >= 0.6 is 0 Å². The monoisotopic (exact) mass is 272 g/mol. The Hall–Kier alpha value is -2.10. The van der Waals surface area contributed by atoms with Crippen LogP contribution in [0.3, 0.4) is 0 Å². The van der Waals surface area contributed by atoms with Gasteiger partial charge in [-0.25, -0.2) is 4.74 Å². The zero-order valence-corrected chi connectivity index (χ0v) is 11.7. The van der Waals surface area contributed by atoms with Gasteiger partial charge in [-0.3, -0.25) is 4.79 Å². The number of hydroxylamine groups is 1. The first-order valence-electron chi connectivity index (χ1n) is 6.96. The predicted molar refractivity (Wildman–Crippen MR) is 79.4 cm³/mol. The molecule has 1 amide bonds. The van der Waals surface area contributed by atoms with E-state index in [2.05, 4.69) is 0 Å². The van der Waals surface area contributed by atoms with E-state index in [9.17, 15) is 10.0 Å². The highest BCUT2D eigenvalue weighted by Crippen LogP contribution is 2.14. The number of nitrogens with zero attached hydrogens (tertiary/aromatic N) is 2. The lowest BCUT2D eigenvalue weighted by Crippen LogP contribution is -2.43. The van der Waals surface area contributed by atoms with Crippen LogP contribution in [0.4, 0.5) is 0 Å². The van der Waals surface area contributed by atoms with Gasteiger partial charge >= 0.3 is 0 Å². The van der Waals surface area contributed by atoms with Crippen LogP contribution in [0.5, 0.6) is 0 Å². The second-order valence-electron chi connectivity index (χ2n) is 4.95. The number of hydrogen-bond donors (Lipinski definition) is 0. The summed E-state index contributed by atoms with van der Waals surface area (Å²) in [5.74, 6) is -0.0482. The van der Waals surface area contributed by atoms with Crippen LogP contribution in [0.1, 0.15) is 25.3 Å². The number of hydrogen-bond acceptors (Lipinski definition) is 2. The Labute approximate surface area is 119 Å². The lowest BCUT2D eigenvalue weighted by molar-refractivity contribution is -0.460. The standard InChI is InChI=1S/C16H20N2O2/c1-2-7-16(19)18(12-14-8-4-3-5-9-14)15-10-6-11-17(20)13-15/h2-5,7-9,13,15H,6,10-12H2,1H3/b7-2+/t15-/m0/s1. The van der Waals surface area contributed by atoms with Crippen molar-refractivity contribution in [3.05, 3.63) is 53.3 Å². The second kappa shape index (κ2) is 6.89. The highest BCUT2D eigenvalue weighted by molar-refractivity contribution is 5.89. The smallest absolute Gasteiger partial charge is 0.247 e. The van der Waals surface area contributed by atoms with Gasteiger partial charge in [0.1, 0.15) is 6.04 Å². The van der Waals surface area contributed by atoms with E-state index < -0.39 is 0 Å². The molecule has 4 nitrogen and oxygen atoms in total. The molecule has 1 atom stereocenters. The van der Waals surface area contributed by atoms with Crippen LogP contribution in [-0.4, -0.2) is 34.3 Å². The second-order valence-corrected chi connectivity index (χ2v) is 4.95. The number of rotatable bonds is 4. The van der Waals surface area contributed by atoms with Gasteiger partial charge in [0.15, 0.2) is 12.8 Å². The molecule has 0 saturated heterocycles. The molecule has 4 heteroatoms. The Morgan fingerprint density at radius 2 is 2.20 bits per heavy atom. The average Bonchev–Trinajstić information content (AvgIpc) is 2.46. The van der Waals surface area contributed by atoms with E-state index in [1.807, 2.05) is 37.3 Å². The fourth-order valence-corrected chi connectivity index (χ4v) is 2.41. The van der Waals surface area contributed by atoms with Crippen molar-refractivity contribution in [1.29, 1.82) is 0 Å². The Morgan fingerprint density at radius 1 is 1.45 bits per heavy atom. The first-order valence-corrected chi connectivity index (χ1v) is 6.96. The lowest BCUT2D eigenvalue weighted by Gasteiger charge is -2.29. The van der Waals surface area contributed by atoms with Crippen LogP contribution < -0.4 is 0 Å². The number of benzene rings is 1. The summed E-state index contributed by atoms with van der Waals surface area (Å²) in [6, 6.07) is 9.73. The average molecular weight is 272 g/mol. The van der Waals surface area contributed by atoms with Crippen LogP contribution in [0.2, 0.25) is 0 Å². The van der Waals surface area contributed by atoms with Gasteiger partial charge in [0.05, 0.1) is 0 Å². The Bertz CT molecular complexity index is 508.